The van der Waals surface area contributed by atoms with Crippen molar-refractivity contribution in [3.63, 3.8) is 0 Å². The van der Waals surface area contributed by atoms with E-state index >= 15 is 0 Å². The van der Waals surface area contributed by atoms with Crippen LogP contribution in [0.4, 0.5) is 0 Å². The van der Waals surface area contributed by atoms with Crippen LogP contribution in [0.3, 0.4) is 0 Å². The van der Waals surface area contributed by atoms with Gasteiger partial charge in [-0.15, -0.1) is 0 Å². The minimum atomic E-state index is -0.273. The van der Waals surface area contributed by atoms with Crippen LogP contribution in [0.1, 0.15) is 46.7 Å². The summed E-state index contributed by atoms with van der Waals surface area (Å²) < 4.78 is 0. The summed E-state index contributed by atoms with van der Waals surface area (Å²) in [4.78, 5) is 28.4. The van der Waals surface area contributed by atoms with Crippen LogP contribution < -0.4 is 10.6 Å². The van der Waals surface area contributed by atoms with Gasteiger partial charge in [0, 0.05) is 29.4 Å². The lowest BCUT2D eigenvalue weighted by atomic mass is 10.1. The first-order valence-electron chi connectivity index (χ1n) is 8.29. The number of hydrogen-bond acceptors (Lipinski definition) is 3. The van der Waals surface area contributed by atoms with E-state index in [1.807, 2.05) is 38.1 Å². The minimum Gasteiger partial charge on any atom is -0.352 e. The molecule has 2 amide bonds. The molecule has 132 valence electrons. The molecule has 25 heavy (non-hydrogen) atoms. The summed E-state index contributed by atoms with van der Waals surface area (Å²) in [6.45, 7) is 4.41. The van der Waals surface area contributed by atoms with Gasteiger partial charge in [0.25, 0.3) is 11.8 Å². The first-order valence-corrected chi connectivity index (χ1v) is 8.67. The predicted molar refractivity (Wildman–Crippen MR) is 98.9 cm³/mol. The van der Waals surface area contributed by atoms with Gasteiger partial charge in [-0.1, -0.05) is 30.7 Å². The number of carbonyl (C=O) groups excluding carboxylic acids is 2. The van der Waals surface area contributed by atoms with Gasteiger partial charge < -0.3 is 10.6 Å². The van der Waals surface area contributed by atoms with Gasteiger partial charge in [-0.2, -0.15) is 0 Å². The third-order valence-corrected chi connectivity index (χ3v) is 4.11. The summed E-state index contributed by atoms with van der Waals surface area (Å²) >= 11 is 5.85. The van der Waals surface area contributed by atoms with Gasteiger partial charge in [-0.05, 0) is 49.6 Å². The van der Waals surface area contributed by atoms with Gasteiger partial charge in [0.05, 0.1) is 0 Å². The summed E-state index contributed by atoms with van der Waals surface area (Å²) in [6.07, 6.45) is 3.01. The third-order valence-electron chi connectivity index (χ3n) is 3.86. The molecule has 0 bridgehead atoms. The van der Waals surface area contributed by atoms with Gasteiger partial charge in [0.2, 0.25) is 0 Å². The molecule has 1 aromatic carbocycles. The van der Waals surface area contributed by atoms with E-state index in [0.29, 0.717) is 23.6 Å². The lowest BCUT2D eigenvalue weighted by Crippen LogP contribution is -2.33. The van der Waals surface area contributed by atoms with Gasteiger partial charge in [0.15, 0.2) is 0 Å². The van der Waals surface area contributed by atoms with Crippen LogP contribution in [0.2, 0.25) is 5.02 Å². The maximum Gasteiger partial charge on any atom is 0.270 e. The Balaban J connectivity index is 1.91. The van der Waals surface area contributed by atoms with Crippen molar-refractivity contribution in [3.8, 4) is 0 Å². The van der Waals surface area contributed by atoms with E-state index in [-0.39, 0.29) is 23.6 Å². The number of amides is 2. The van der Waals surface area contributed by atoms with E-state index in [9.17, 15) is 9.59 Å². The van der Waals surface area contributed by atoms with E-state index in [2.05, 4.69) is 15.6 Å². The Morgan fingerprint density at radius 3 is 2.56 bits per heavy atom. The van der Waals surface area contributed by atoms with E-state index in [1.54, 1.807) is 6.07 Å². The van der Waals surface area contributed by atoms with Gasteiger partial charge >= 0.3 is 0 Å². The third kappa shape index (κ3) is 5.87. The molecule has 6 heteroatoms. The van der Waals surface area contributed by atoms with Crippen molar-refractivity contribution in [1.82, 2.24) is 15.6 Å². The first-order chi connectivity index (χ1) is 12.0. The van der Waals surface area contributed by atoms with Gasteiger partial charge in [-0.3, -0.25) is 14.6 Å². The predicted octanol–water partition coefficient (Wildman–Crippen LogP) is 3.24. The SMILES string of the molecule is CCC(C)NC(=O)c1cc(C(=O)NCCc2ccc(Cl)cc2)ccn1. The fourth-order valence-corrected chi connectivity index (χ4v) is 2.30. The summed E-state index contributed by atoms with van der Waals surface area (Å²) in [5.41, 5.74) is 1.75. The molecule has 0 radical (unpaired) electrons. The van der Waals surface area contributed by atoms with Crippen LogP contribution in [0.15, 0.2) is 42.6 Å². The smallest absolute Gasteiger partial charge is 0.270 e. The molecule has 0 saturated carbocycles. The first kappa shape index (κ1) is 18.9. The summed E-state index contributed by atoms with van der Waals surface area (Å²) in [5, 5.41) is 6.37. The molecule has 0 saturated heterocycles. The summed E-state index contributed by atoms with van der Waals surface area (Å²) in [6, 6.07) is 10.7. The number of nitrogens with zero attached hydrogens (tertiary/aromatic N) is 1. The number of aromatic nitrogens is 1. The highest BCUT2D eigenvalue weighted by Gasteiger charge is 2.13. The second-order valence-electron chi connectivity index (χ2n) is 5.84. The van der Waals surface area contributed by atoms with E-state index in [0.717, 1.165) is 12.0 Å². The van der Waals surface area contributed by atoms with E-state index < -0.39 is 0 Å². The highest BCUT2D eigenvalue weighted by atomic mass is 35.5. The molecule has 1 heterocycles. The van der Waals surface area contributed by atoms with E-state index in [4.69, 9.17) is 11.6 Å². The summed E-state index contributed by atoms with van der Waals surface area (Å²) in [7, 11) is 0. The Labute approximate surface area is 152 Å². The largest absolute Gasteiger partial charge is 0.352 e. The monoisotopic (exact) mass is 359 g/mol. The second kappa shape index (κ2) is 9.18. The van der Waals surface area contributed by atoms with Crippen LogP contribution >= 0.6 is 11.6 Å². The zero-order valence-corrected chi connectivity index (χ0v) is 15.1. The highest BCUT2D eigenvalue weighted by Crippen LogP contribution is 2.09. The Hall–Kier alpha value is -2.40. The lowest BCUT2D eigenvalue weighted by Gasteiger charge is -2.11. The van der Waals surface area contributed by atoms with Crippen LogP contribution in [0.25, 0.3) is 0 Å². The topological polar surface area (TPSA) is 71.1 Å². The number of halogens is 1. The van der Waals surface area contributed by atoms with Crippen molar-refractivity contribution in [1.29, 1.82) is 0 Å². The van der Waals surface area contributed by atoms with Crippen LogP contribution in [-0.2, 0) is 6.42 Å². The van der Waals surface area contributed by atoms with Crippen molar-refractivity contribution in [2.24, 2.45) is 0 Å². The van der Waals surface area contributed by atoms with Crippen LogP contribution in [-0.4, -0.2) is 29.4 Å². The van der Waals surface area contributed by atoms with Crippen molar-refractivity contribution < 1.29 is 9.59 Å². The number of carbonyl (C=O) groups is 2. The normalized spacial score (nSPS) is 11.6. The molecule has 0 aliphatic carbocycles. The quantitative estimate of drug-likeness (QED) is 0.797. The van der Waals surface area contributed by atoms with Gasteiger partial charge in [-0.25, -0.2) is 0 Å². The molecule has 0 aliphatic rings. The zero-order valence-electron chi connectivity index (χ0n) is 14.4. The molecule has 2 aromatic rings. The molecule has 1 aromatic heterocycles. The van der Waals surface area contributed by atoms with Crippen molar-refractivity contribution in [2.75, 3.05) is 6.54 Å². The minimum absolute atomic E-state index is 0.0613. The molecule has 1 atom stereocenters. The number of pyridine rings is 1. The number of hydrogen-bond donors (Lipinski definition) is 2. The Morgan fingerprint density at radius 2 is 1.88 bits per heavy atom. The average Bonchev–Trinajstić information content (AvgIpc) is 2.63. The van der Waals surface area contributed by atoms with Gasteiger partial charge in [0.1, 0.15) is 5.69 Å². The molecular formula is C19H22ClN3O2. The fourth-order valence-electron chi connectivity index (χ4n) is 2.17. The number of rotatable bonds is 7. The lowest BCUT2D eigenvalue weighted by molar-refractivity contribution is 0.0934. The Morgan fingerprint density at radius 1 is 1.16 bits per heavy atom. The average molecular weight is 360 g/mol. The molecule has 2 N–H and O–H groups in total. The van der Waals surface area contributed by atoms with Crippen LogP contribution in [0, 0.1) is 0 Å². The van der Waals surface area contributed by atoms with Crippen LogP contribution in [0.5, 0.6) is 0 Å². The van der Waals surface area contributed by atoms with E-state index in [1.165, 1.54) is 12.3 Å². The second-order valence-corrected chi connectivity index (χ2v) is 6.28. The Kier molecular flexibility index (Phi) is 6.95. The Bertz CT molecular complexity index is 732. The molecule has 0 spiro atoms. The van der Waals surface area contributed by atoms with Crippen molar-refractivity contribution in [3.05, 3.63) is 64.4 Å². The molecule has 5 nitrogen and oxygen atoms in total. The maximum atomic E-state index is 12.3. The summed E-state index contributed by atoms with van der Waals surface area (Å²) in [5.74, 6) is -0.501. The molecule has 1 unspecified atom stereocenters. The fraction of sp³-hybridized carbons (Fsp3) is 0.316. The molecular weight excluding hydrogens is 338 g/mol. The van der Waals surface area contributed by atoms with Crippen molar-refractivity contribution in [2.45, 2.75) is 32.7 Å². The molecule has 0 aliphatic heterocycles. The number of nitrogens with one attached hydrogen (secondary N) is 2. The highest BCUT2D eigenvalue weighted by molar-refractivity contribution is 6.30. The molecule has 0 fully saturated rings. The standard InChI is InChI=1S/C19H22ClN3O2/c1-3-13(2)23-19(25)17-12-15(9-11-21-17)18(24)22-10-8-14-4-6-16(20)7-5-14/h4-7,9,11-13H,3,8,10H2,1-2H3,(H,22,24)(H,23,25). The number of benzene rings is 1. The maximum absolute atomic E-state index is 12.3. The zero-order chi connectivity index (χ0) is 18.2. The molecule has 2 rings (SSSR count). The van der Waals surface area contributed by atoms with Crippen molar-refractivity contribution >= 4 is 23.4 Å².